The third kappa shape index (κ3) is 11.2. The number of aliphatic hydroxyl groups is 2. The summed E-state index contributed by atoms with van der Waals surface area (Å²) < 4.78 is 70.0. The molecular formula is C51H77NO15. The Morgan fingerprint density at radius 3 is 2.37 bits per heavy atom. The molecule has 4 fully saturated rings. The van der Waals surface area contributed by atoms with Gasteiger partial charge in [-0.05, 0) is 55.9 Å². The van der Waals surface area contributed by atoms with Crippen LogP contribution in [-0.4, -0.2) is 154 Å². The van der Waals surface area contributed by atoms with Crippen LogP contribution in [-0.2, 0) is 61.7 Å². The van der Waals surface area contributed by atoms with E-state index in [0.717, 1.165) is 12.0 Å². The normalized spacial score (nSPS) is 46.3. The standard InChI is InChI=1S/C51H77NO15/c1-12-27(2)46-30(5)18-19-50(67-46)24-37-21-36(66-50)17-16-29(4)45(28(3)14-13-15-35-26-60-48-44(54)34(25-57-9)20-38(49(55)63-37)51(35,48)56)64-42-23-40(59-11)47(32(7)62-42)65-41-22-39(58-10)43(31(6)61-41)52-33(8)53/h13-16,18-20,27-28,30-32,36-48,54,56H,12,17,21-26H2,1-11H3,(H,52,53)/b14-13+,29-16+,35-15+. The number of hydrogen-bond donors (Lipinski definition) is 3. The molecule has 7 aliphatic rings. The van der Waals surface area contributed by atoms with Crippen molar-refractivity contribution in [3.05, 3.63) is 59.3 Å². The van der Waals surface area contributed by atoms with Gasteiger partial charge in [0, 0.05) is 65.8 Å². The highest BCUT2D eigenvalue weighted by molar-refractivity contribution is 5.78. The summed E-state index contributed by atoms with van der Waals surface area (Å²) in [5.74, 6) is -2.93. The van der Waals surface area contributed by atoms with Crippen molar-refractivity contribution in [3.63, 3.8) is 0 Å². The zero-order valence-electron chi connectivity index (χ0n) is 41.3. The minimum absolute atomic E-state index is 0.00771. The minimum atomic E-state index is -1.90. The molecule has 1 spiro atoms. The second-order valence-electron chi connectivity index (χ2n) is 20.0. The SMILES string of the molecule is CCC(C)C1OC2(C=CC1C)CC1CC(C/C=C(\C)C(OC3CC(OC)C(OC4CC(OC)C(NC(C)=O)C(C)O4)C(C)O3)C(C)/C=C/C=C3\COC4C(O)C(COC)=CC(C(=O)O1)C34O)O2. The molecule has 0 aromatic carbocycles. The number of methoxy groups -OCH3 is 3. The molecule has 0 radical (unpaired) electrons. The third-order valence-corrected chi connectivity index (χ3v) is 15.1. The van der Waals surface area contributed by atoms with E-state index in [9.17, 15) is 19.8 Å². The predicted octanol–water partition coefficient (Wildman–Crippen LogP) is 5.15. The Balaban J connectivity index is 1.18. The predicted molar refractivity (Wildman–Crippen MR) is 245 cm³/mol. The first-order chi connectivity index (χ1) is 31.9. The molecule has 1 aliphatic carbocycles. The fraction of sp³-hybridized carbons (Fsp3) is 0.765. The van der Waals surface area contributed by atoms with E-state index in [-0.39, 0.29) is 67.6 Å². The molecule has 16 heteroatoms. The summed E-state index contributed by atoms with van der Waals surface area (Å²) in [4.78, 5) is 26.5. The monoisotopic (exact) mass is 944 g/mol. The van der Waals surface area contributed by atoms with Gasteiger partial charge in [-0.15, -0.1) is 0 Å². The van der Waals surface area contributed by atoms with Gasteiger partial charge in [0.15, 0.2) is 18.4 Å². The fourth-order valence-corrected chi connectivity index (χ4v) is 11.2. The van der Waals surface area contributed by atoms with Crippen molar-refractivity contribution in [2.75, 3.05) is 34.5 Å². The molecule has 0 aromatic heterocycles. The number of fused-ring (bicyclic) bond motifs is 2. The van der Waals surface area contributed by atoms with Gasteiger partial charge in [-0.1, -0.05) is 70.6 Å². The fourth-order valence-electron chi connectivity index (χ4n) is 11.2. The molecule has 6 heterocycles. The van der Waals surface area contributed by atoms with E-state index in [4.69, 9.17) is 52.1 Å². The van der Waals surface area contributed by atoms with Crippen LogP contribution in [0, 0.1) is 23.7 Å². The van der Waals surface area contributed by atoms with Crippen LogP contribution in [0.15, 0.2) is 59.3 Å². The van der Waals surface area contributed by atoms with Crippen LogP contribution in [0.3, 0.4) is 0 Å². The molecule has 0 aromatic rings. The summed E-state index contributed by atoms with van der Waals surface area (Å²) in [7, 11) is 4.78. The summed E-state index contributed by atoms with van der Waals surface area (Å²) in [6.07, 6.45) is 8.97. The maximum atomic E-state index is 14.5. The molecule has 2 bridgehead atoms. The highest BCUT2D eigenvalue weighted by Crippen LogP contribution is 2.47. The molecule has 7 rings (SSSR count). The van der Waals surface area contributed by atoms with Gasteiger partial charge < -0.3 is 67.6 Å². The van der Waals surface area contributed by atoms with Crippen LogP contribution in [0.1, 0.15) is 93.9 Å². The maximum Gasteiger partial charge on any atom is 0.316 e. The van der Waals surface area contributed by atoms with Gasteiger partial charge in [-0.2, -0.15) is 0 Å². The molecule has 6 aliphatic heterocycles. The lowest BCUT2D eigenvalue weighted by molar-refractivity contribution is -0.311. The zero-order valence-corrected chi connectivity index (χ0v) is 41.3. The Morgan fingerprint density at radius 2 is 1.67 bits per heavy atom. The van der Waals surface area contributed by atoms with Crippen molar-refractivity contribution in [1.82, 2.24) is 5.32 Å². The van der Waals surface area contributed by atoms with Crippen LogP contribution >= 0.6 is 0 Å². The van der Waals surface area contributed by atoms with E-state index in [2.05, 4.69) is 45.2 Å². The average Bonchev–Trinajstić information content (AvgIpc) is 3.63. The van der Waals surface area contributed by atoms with Crippen LogP contribution in [0.25, 0.3) is 0 Å². The Labute approximate surface area is 396 Å². The molecule has 20 unspecified atom stereocenters. The summed E-state index contributed by atoms with van der Waals surface area (Å²) >= 11 is 0. The lowest BCUT2D eigenvalue weighted by atomic mass is 9.70. The topological polar surface area (TPSA) is 188 Å². The highest BCUT2D eigenvalue weighted by atomic mass is 16.7. The molecule has 0 saturated carbocycles. The average molecular weight is 944 g/mol. The second-order valence-corrected chi connectivity index (χ2v) is 20.0. The maximum absolute atomic E-state index is 14.5. The number of allylic oxidation sites excluding steroid dienone is 2. The number of hydrogen-bond acceptors (Lipinski definition) is 15. The van der Waals surface area contributed by atoms with Crippen LogP contribution in [0.2, 0.25) is 0 Å². The lowest BCUT2D eigenvalue weighted by Crippen LogP contribution is -2.58. The Morgan fingerprint density at radius 1 is 0.955 bits per heavy atom. The van der Waals surface area contributed by atoms with Gasteiger partial charge in [-0.3, -0.25) is 9.59 Å². The summed E-state index contributed by atoms with van der Waals surface area (Å²) in [6.45, 7) is 15.9. The van der Waals surface area contributed by atoms with Crippen molar-refractivity contribution >= 4 is 11.9 Å². The minimum Gasteiger partial charge on any atom is -0.462 e. The summed E-state index contributed by atoms with van der Waals surface area (Å²) in [6, 6.07) is -0.319. The van der Waals surface area contributed by atoms with Crippen molar-refractivity contribution in [2.24, 2.45) is 23.7 Å². The van der Waals surface area contributed by atoms with E-state index in [1.165, 1.54) is 14.0 Å². The number of carbonyl (C=O) groups is 2. The van der Waals surface area contributed by atoms with Crippen LogP contribution < -0.4 is 5.32 Å². The largest absolute Gasteiger partial charge is 0.462 e. The third-order valence-electron chi connectivity index (χ3n) is 15.1. The number of rotatable bonds is 11. The zero-order chi connectivity index (χ0) is 48.4. The van der Waals surface area contributed by atoms with Gasteiger partial charge in [0.05, 0.1) is 62.0 Å². The highest BCUT2D eigenvalue weighted by Gasteiger charge is 2.60. The first-order valence-corrected chi connectivity index (χ1v) is 24.4. The van der Waals surface area contributed by atoms with Crippen LogP contribution in [0.5, 0.6) is 0 Å². The molecule has 16 nitrogen and oxygen atoms in total. The molecule has 20 atom stereocenters. The molecule has 67 heavy (non-hydrogen) atoms. The van der Waals surface area contributed by atoms with E-state index < -0.39 is 84.7 Å². The lowest BCUT2D eigenvalue weighted by Gasteiger charge is -2.48. The van der Waals surface area contributed by atoms with E-state index in [0.29, 0.717) is 36.8 Å². The van der Waals surface area contributed by atoms with Crippen molar-refractivity contribution in [1.29, 1.82) is 0 Å². The Hall–Kier alpha value is -2.84. The van der Waals surface area contributed by atoms with E-state index in [1.54, 1.807) is 26.4 Å². The summed E-state index contributed by atoms with van der Waals surface area (Å²) in [5, 5.41) is 27.1. The van der Waals surface area contributed by atoms with E-state index in [1.807, 2.05) is 39.0 Å². The van der Waals surface area contributed by atoms with E-state index >= 15 is 0 Å². The molecule has 376 valence electrons. The van der Waals surface area contributed by atoms with Crippen LogP contribution in [0.4, 0.5) is 0 Å². The smallest absolute Gasteiger partial charge is 0.316 e. The Bertz CT molecular complexity index is 1880. The Kier molecular flexibility index (Phi) is 17.1. The van der Waals surface area contributed by atoms with Gasteiger partial charge in [0.1, 0.15) is 35.9 Å². The number of esters is 1. The van der Waals surface area contributed by atoms with Crippen molar-refractivity contribution in [2.45, 2.75) is 191 Å². The number of amides is 1. The molecular weight excluding hydrogens is 867 g/mol. The van der Waals surface area contributed by atoms with Gasteiger partial charge in [-0.25, -0.2) is 0 Å². The number of carbonyl (C=O) groups excluding carboxylic acids is 2. The molecule has 3 N–H and O–H groups in total. The van der Waals surface area contributed by atoms with Gasteiger partial charge in [0.2, 0.25) is 5.91 Å². The quantitative estimate of drug-likeness (QED) is 0.182. The van der Waals surface area contributed by atoms with Gasteiger partial charge >= 0.3 is 5.97 Å². The van der Waals surface area contributed by atoms with Crippen molar-refractivity contribution in [3.8, 4) is 0 Å². The summed E-state index contributed by atoms with van der Waals surface area (Å²) in [5.41, 5.74) is -0.0789. The van der Waals surface area contributed by atoms with Crippen molar-refractivity contribution < 1.29 is 71.9 Å². The first kappa shape index (κ1) is 52.0. The van der Waals surface area contributed by atoms with Gasteiger partial charge in [0.25, 0.3) is 0 Å². The molecule has 4 saturated heterocycles. The number of ether oxygens (including phenoxy) is 11. The first-order valence-electron chi connectivity index (χ1n) is 24.4. The molecule has 1 amide bonds. The number of aliphatic hydroxyl groups excluding tert-OH is 1. The second kappa shape index (κ2) is 22.1. The number of nitrogens with one attached hydrogen (secondary N) is 1.